The predicted octanol–water partition coefficient (Wildman–Crippen LogP) is 4.83. The second kappa shape index (κ2) is 7.71. The summed E-state index contributed by atoms with van der Waals surface area (Å²) in [4.78, 5) is 25.6. The fourth-order valence-corrected chi connectivity index (χ4v) is 5.91. The number of amides is 1. The molecule has 0 aromatic heterocycles. The van der Waals surface area contributed by atoms with Crippen LogP contribution in [0, 0.1) is 5.41 Å². The molecule has 4 rings (SSSR count). The van der Waals surface area contributed by atoms with E-state index >= 15 is 0 Å². The molecule has 2 aliphatic heterocycles. The molecule has 1 spiro atoms. The molecule has 2 heterocycles. The quantitative estimate of drug-likeness (QED) is 0.631. The highest BCUT2D eigenvalue weighted by Gasteiger charge is 2.65. The Hall–Kier alpha value is -2.81. The SMILES string of the molecule is CC(=O)O[C@H]1CS[C@@H](c2ccc(C(F)(F)F)cc2)[C@]12C(=O)N(c1ccccc1)N=C2C. The molecule has 9 heteroatoms. The number of carbonyl (C=O) groups excluding carboxylic acids is 2. The molecule has 0 N–H and O–H groups in total. The lowest BCUT2D eigenvalue weighted by molar-refractivity contribution is -0.151. The number of thioether (sulfide) groups is 1. The third kappa shape index (κ3) is 3.50. The third-order valence-electron chi connectivity index (χ3n) is 5.58. The van der Waals surface area contributed by atoms with Gasteiger partial charge in [0.1, 0.15) is 11.5 Å². The van der Waals surface area contributed by atoms with Crippen molar-refractivity contribution in [1.82, 2.24) is 0 Å². The maximum absolute atomic E-state index is 13.8. The number of carbonyl (C=O) groups is 2. The molecule has 1 fully saturated rings. The van der Waals surface area contributed by atoms with Gasteiger partial charge in [0, 0.05) is 12.7 Å². The van der Waals surface area contributed by atoms with E-state index in [4.69, 9.17) is 4.74 Å². The maximum atomic E-state index is 13.8. The maximum Gasteiger partial charge on any atom is 0.416 e. The summed E-state index contributed by atoms with van der Waals surface area (Å²) in [5.41, 5.74) is -0.494. The van der Waals surface area contributed by atoms with Crippen molar-refractivity contribution < 1.29 is 27.5 Å². The van der Waals surface area contributed by atoms with E-state index in [1.807, 2.05) is 6.07 Å². The van der Waals surface area contributed by atoms with Crippen molar-refractivity contribution in [3.63, 3.8) is 0 Å². The number of alkyl halides is 3. The molecule has 2 aromatic rings. The molecule has 1 amide bonds. The molecule has 0 unspecified atom stereocenters. The van der Waals surface area contributed by atoms with Crippen molar-refractivity contribution in [2.24, 2.45) is 10.5 Å². The summed E-state index contributed by atoms with van der Waals surface area (Å²) in [5, 5.41) is 5.22. The van der Waals surface area contributed by atoms with E-state index in [0.717, 1.165) is 12.1 Å². The second-order valence-electron chi connectivity index (χ2n) is 7.44. The zero-order valence-corrected chi connectivity index (χ0v) is 17.5. The first-order valence-corrected chi connectivity index (χ1v) is 10.6. The summed E-state index contributed by atoms with van der Waals surface area (Å²) in [5.74, 6) is -0.568. The fraction of sp³-hybridized carbons (Fsp3) is 0.318. The van der Waals surface area contributed by atoms with Gasteiger partial charge in [-0.25, -0.2) is 0 Å². The van der Waals surface area contributed by atoms with Gasteiger partial charge < -0.3 is 4.74 Å². The molecule has 0 bridgehead atoms. The monoisotopic (exact) mass is 448 g/mol. The average Bonchev–Trinajstić information content (AvgIpc) is 3.22. The van der Waals surface area contributed by atoms with E-state index in [1.54, 1.807) is 31.2 Å². The van der Waals surface area contributed by atoms with Crippen LogP contribution in [-0.4, -0.2) is 29.4 Å². The van der Waals surface area contributed by atoms with Crippen molar-refractivity contribution in [1.29, 1.82) is 0 Å². The fourth-order valence-electron chi connectivity index (χ4n) is 4.17. The van der Waals surface area contributed by atoms with Crippen molar-refractivity contribution in [3.05, 3.63) is 65.7 Å². The van der Waals surface area contributed by atoms with Crippen LogP contribution >= 0.6 is 11.8 Å². The number of ether oxygens (including phenoxy) is 1. The molecule has 1 saturated heterocycles. The van der Waals surface area contributed by atoms with Crippen LogP contribution in [-0.2, 0) is 20.5 Å². The predicted molar refractivity (Wildman–Crippen MR) is 112 cm³/mol. The number of hydrazone groups is 1. The molecule has 0 saturated carbocycles. The highest BCUT2D eigenvalue weighted by Crippen LogP contribution is 2.58. The van der Waals surface area contributed by atoms with Gasteiger partial charge in [-0.15, -0.1) is 11.8 Å². The van der Waals surface area contributed by atoms with Crippen molar-refractivity contribution >= 4 is 35.0 Å². The number of nitrogens with zero attached hydrogens (tertiary/aromatic N) is 2. The summed E-state index contributed by atoms with van der Waals surface area (Å²) in [6.07, 6.45) is -5.24. The average molecular weight is 448 g/mol. The molecule has 5 nitrogen and oxygen atoms in total. The molecule has 162 valence electrons. The lowest BCUT2D eigenvalue weighted by Crippen LogP contribution is -2.50. The normalized spacial score (nSPS) is 25.8. The number of rotatable bonds is 3. The van der Waals surface area contributed by atoms with Gasteiger partial charge in [-0.1, -0.05) is 30.3 Å². The molecular formula is C22H19F3N2O3S. The lowest BCUT2D eigenvalue weighted by atomic mass is 9.73. The number of hydrogen-bond acceptors (Lipinski definition) is 5. The van der Waals surface area contributed by atoms with Gasteiger partial charge in [0.2, 0.25) is 0 Å². The Labute approximate surface area is 181 Å². The topological polar surface area (TPSA) is 59.0 Å². The van der Waals surface area contributed by atoms with Crippen LogP contribution < -0.4 is 5.01 Å². The van der Waals surface area contributed by atoms with E-state index in [2.05, 4.69) is 5.10 Å². The molecule has 0 radical (unpaired) electrons. The number of para-hydroxylation sites is 1. The molecule has 2 aromatic carbocycles. The minimum Gasteiger partial charge on any atom is -0.460 e. The van der Waals surface area contributed by atoms with Gasteiger partial charge in [0.15, 0.2) is 0 Å². The molecule has 2 aliphatic rings. The summed E-state index contributed by atoms with van der Waals surface area (Å²) in [6, 6.07) is 13.6. The van der Waals surface area contributed by atoms with Gasteiger partial charge in [-0.2, -0.15) is 23.3 Å². The Morgan fingerprint density at radius 3 is 2.39 bits per heavy atom. The number of halogens is 3. The van der Waals surface area contributed by atoms with Crippen LogP contribution in [0.5, 0.6) is 0 Å². The third-order valence-corrected chi connectivity index (χ3v) is 7.05. The van der Waals surface area contributed by atoms with Crippen LogP contribution in [0.3, 0.4) is 0 Å². The first-order chi connectivity index (χ1) is 14.7. The first kappa shape index (κ1) is 21.4. The molecule has 31 heavy (non-hydrogen) atoms. The van der Waals surface area contributed by atoms with Crippen LogP contribution in [0.25, 0.3) is 0 Å². The number of benzene rings is 2. The highest BCUT2D eigenvalue weighted by molar-refractivity contribution is 8.00. The van der Waals surface area contributed by atoms with Crippen LogP contribution in [0.4, 0.5) is 18.9 Å². The van der Waals surface area contributed by atoms with Crippen molar-refractivity contribution in [2.75, 3.05) is 10.8 Å². The van der Waals surface area contributed by atoms with Crippen molar-refractivity contribution in [2.45, 2.75) is 31.4 Å². The van der Waals surface area contributed by atoms with Gasteiger partial charge in [-0.3, -0.25) is 9.59 Å². The minimum atomic E-state index is -4.45. The Balaban J connectivity index is 1.79. The van der Waals surface area contributed by atoms with E-state index in [0.29, 0.717) is 22.7 Å². The molecule has 3 atom stereocenters. The number of anilines is 1. The smallest absolute Gasteiger partial charge is 0.416 e. The van der Waals surface area contributed by atoms with E-state index < -0.39 is 34.5 Å². The summed E-state index contributed by atoms with van der Waals surface area (Å²) in [6.45, 7) is 2.96. The summed E-state index contributed by atoms with van der Waals surface area (Å²) < 4.78 is 44.6. The second-order valence-corrected chi connectivity index (χ2v) is 8.58. The van der Waals surface area contributed by atoms with E-state index in [-0.39, 0.29) is 5.91 Å². The lowest BCUT2D eigenvalue weighted by Gasteiger charge is -2.34. The Morgan fingerprint density at radius 1 is 1.16 bits per heavy atom. The van der Waals surface area contributed by atoms with Gasteiger partial charge in [0.05, 0.1) is 22.2 Å². The zero-order valence-electron chi connectivity index (χ0n) is 16.7. The molecule has 0 aliphatic carbocycles. The number of esters is 1. The highest BCUT2D eigenvalue weighted by atomic mass is 32.2. The van der Waals surface area contributed by atoms with Crippen LogP contribution in [0.15, 0.2) is 59.7 Å². The van der Waals surface area contributed by atoms with Crippen molar-refractivity contribution in [3.8, 4) is 0 Å². The van der Waals surface area contributed by atoms with E-state index in [9.17, 15) is 22.8 Å². The van der Waals surface area contributed by atoms with Gasteiger partial charge in [0.25, 0.3) is 5.91 Å². The largest absolute Gasteiger partial charge is 0.460 e. The van der Waals surface area contributed by atoms with Crippen LogP contribution in [0.2, 0.25) is 0 Å². The van der Waals surface area contributed by atoms with Gasteiger partial charge in [-0.05, 0) is 36.8 Å². The summed E-state index contributed by atoms with van der Waals surface area (Å²) in [7, 11) is 0. The summed E-state index contributed by atoms with van der Waals surface area (Å²) >= 11 is 1.37. The Morgan fingerprint density at radius 2 is 1.81 bits per heavy atom. The molecular weight excluding hydrogens is 429 g/mol. The zero-order chi connectivity index (χ0) is 22.4. The Kier molecular flexibility index (Phi) is 5.33. The minimum absolute atomic E-state index is 0.326. The van der Waals surface area contributed by atoms with Crippen LogP contribution in [0.1, 0.15) is 30.2 Å². The number of hydrogen-bond donors (Lipinski definition) is 0. The Bertz CT molecular complexity index is 1040. The standard InChI is InChI=1S/C22H19F3N2O3S/c1-13-21(20(29)27(26-13)17-6-4-3-5-7-17)18(30-14(2)28)12-31-19(21)15-8-10-16(11-9-15)22(23,24)25/h3-11,18-19H,12H2,1-2H3/t18-,19-,21+/m0/s1. The van der Waals surface area contributed by atoms with E-state index in [1.165, 1.54) is 35.8 Å². The first-order valence-electron chi connectivity index (χ1n) is 9.57. The van der Waals surface area contributed by atoms with Gasteiger partial charge >= 0.3 is 12.1 Å².